The molecule has 0 spiro atoms. The second-order valence-corrected chi connectivity index (χ2v) is 11.4. The maximum Gasteiger partial charge on any atom is 0.248 e. The number of hydrogen-bond acceptors (Lipinski definition) is 0. The van der Waals surface area contributed by atoms with E-state index in [1.807, 2.05) is 0 Å². The average molecular weight is 423 g/mol. The fourth-order valence-corrected chi connectivity index (χ4v) is 7.69. The molecule has 0 bridgehead atoms. The molecule has 3 aliphatic heterocycles. The lowest BCUT2D eigenvalue weighted by Gasteiger charge is -2.49. The molecule has 4 heterocycles. The lowest BCUT2D eigenvalue weighted by molar-refractivity contribution is 0.621. The van der Waals surface area contributed by atoms with Crippen molar-refractivity contribution < 1.29 is 0 Å². The molecule has 4 aromatic carbocycles. The lowest BCUT2D eigenvalue weighted by atomic mass is 9.26. The highest BCUT2D eigenvalue weighted by Gasteiger charge is 2.51. The third-order valence-corrected chi connectivity index (χ3v) is 9.18. The maximum atomic E-state index is 2.61. The van der Waals surface area contributed by atoms with Crippen LogP contribution in [0.25, 0.3) is 27.5 Å². The van der Waals surface area contributed by atoms with E-state index < -0.39 is 0 Å². The van der Waals surface area contributed by atoms with Crippen molar-refractivity contribution in [3.63, 3.8) is 0 Å². The number of fused-ring (bicyclic) bond motifs is 4. The van der Waals surface area contributed by atoms with E-state index in [4.69, 9.17) is 0 Å². The van der Waals surface area contributed by atoms with E-state index >= 15 is 0 Å². The molecule has 0 unspecified atom stereocenters. The van der Waals surface area contributed by atoms with Crippen molar-refractivity contribution in [2.75, 3.05) is 0 Å². The Bertz CT molecular complexity index is 1720. The zero-order chi connectivity index (χ0) is 22.4. The molecule has 5 aromatic rings. The molecule has 3 aliphatic rings. The van der Waals surface area contributed by atoms with E-state index in [1.54, 1.807) is 10.9 Å². The Morgan fingerprint density at radius 1 is 0.606 bits per heavy atom. The summed E-state index contributed by atoms with van der Waals surface area (Å²) in [6, 6.07) is 25.7. The van der Waals surface area contributed by atoms with Gasteiger partial charge in [0.05, 0.1) is 5.52 Å². The molecule has 0 saturated heterocycles. The van der Waals surface area contributed by atoms with Crippen molar-refractivity contribution in [2.24, 2.45) is 0 Å². The molecule has 0 N–H and O–H groups in total. The smallest absolute Gasteiger partial charge is 0.248 e. The summed E-state index contributed by atoms with van der Waals surface area (Å²) in [4.78, 5) is 0. The summed E-state index contributed by atoms with van der Waals surface area (Å²) >= 11 is 0. The van der Waals surface area contributed by atoms with E-state index in [2.05, 4.69) is 106 Å². The van der Waals surface area contributed by atoms with Crippen LogP contribution in [0.5, 0.6) is 0 Å². The van der Waals surface area contributed by atoms with Crippen LogP contribution in [0.1, 0.15) is 55.5 Å². The first-order chi connectivity index (χ1) is 15.8. The third-order valence-electron chi connectivity index (χ3n) is 9.18. The van der Waals surface area contributed by atoms with Gasteiger partial charge in [0, 0.05) is 32.8 Å². The van der Waals surface area contributed by atoms with Crippen molar-refractivity contribution in [2.45, 2.75) is 45.4 Å². The highest BCUT2D eigenvalue weighted by Crippen LogP contribution is 2.46. The van der Waals surface area contributed by atoms with E-state index in [1.165, 1.54) is 60.8 Å². The Balaban J connectivity index is 1.74. The maximum absolute atomic E-state index is 2.61. The van der Waals surface area contributed by atoms with Gasteiger partial charge in [-0.15, -0.1) is 0 Å². The molecule has 1 nitrogen and oxygen atoms in total. The summed E-state index contributed by atoms with van der Waals surface area (Å²) in [5.74, 6) is 0. The van der Waals surface area contributed by atoms with Gasteiger partial charge in [-0.2, -0.15) is 0 Å². The molecule has 33 heavy (non-hydrogen) atoms. The number of aryl methyl sites for hydroxylation is 1. The highest BCUT2D eigenvalue weighted by molar-refractivity contribution is 7.00. The van der Waals surface area contributed by atoms with Gasteiger partial charge >= 0.3 is 0 Å². The normalized spacial score (nSPS) is 17.7. The Morgan fingerprint density at radius 2 is 1.24 bits per heavy atom. The van der Waals surface area contributed by atoms with Crippen LogP contribution in [0.2, 0.25) is 0 Å². The van der Waals surface area contributed by atoms with Crippen molar-refractivity contribution in [1.82, 2.24) is 4.57 Å². The van der Waals surface area contributed by atoms with Gasteiger partial charge in [0.25, 0.3) is 0 Å². The molecule has 2 heteroatoms. The van der Waals surface area contributed by atoms with Gasteiger partial charge in [-0.1, -0.05) is 93.8 Å². The van der Waals surface area contributed by atoms with Crippen LogP contribution < -0.4 is 16.4 Å². The Hall–Kier alpha value is -3.26. The first-order valence-corrected chi connectivity index (χ1v) is 12.2. The van der Waals surface area contributed by atoms with Crippen LogP contribution in [0.4, 0.5) is 0 Å². The quantitative estimate of drug-likeness (QED) is 0.296. The van der Waals surface area contributed by atoms with Gasteiger partial charge in [-0.3, -0.25) is 0 Å². The van der Waals surface area contributed by atoms with Crippen LogP contribution in [0.3, 0.4) is 0 Å². The number of aromatic nitrogens is 1. The van der Waals surface area contributed by atoms with Gasteiger partial charge in [0.15, 0.2) is 0 Å². The molecule has 8 rings (SSSR count). The molecule has 0 aliphatic carbocycles. The molecule has 0 amide bonds. The van der Waals surface area contributed by atoms with Crippen LogP contribution in [0, 0.1) is 6.92 Å². The minimum absolute atomic E-state index is 0.0262. The minimum Gasteiger partial charge on any atom is -0.310 e. The summed E-state index contributed by atoms with van der Waals surface area (Å²) in [6.07, 6.45) is 0. The zero-order valence-corrected chi connectivity index (χ0v) is 19.9. The predicted molar refractivity (Wildman–Crippen MR) is 141 cm³/mol. The summed E-state index contributed by atoms with van der Waals surface area (Å²) in [6.45, 7) is 12.3. The van der Waals surface area contributed by atoms with Gasteiger partial charge in [0.2, 0.25) is 6.71 Å². The number of rotatable bonds is 0. The van der Waals surface area contributed by atoms with Crippen molar-refractivity contribution in [1.29, 1.82) is 0 Å². The number of benzene rings is 4. The average Bonchev–Trinajstić information content (AvgIpc) is 3.13. The van der Waals surface area contributed by atoms with Crippen molar-refractivity contribution in [3.05, 3.63) is 94.5 Å². The largest absolute Gasteiger partial charge is 0.310 e. The number of nitrogens with zero attached hydrogens (tertiary/aromatic N) is 1. The first-order valence-electron chi connectivity index (χ1n) is 12.2. The SMILES string of the molecule is Cc1ccc2c3c1-n1c4ccccc4c4ccc5c(c41)B3c1c(cccc1C5(C)C)C2(C)C. The molecule has 0 saturated carbocycles. The molecule has 0 fully saturated rings. The number of para-hydroxylation sites is 1. The highest BCUT2D eigenvalue weighted by atomic mass is 15.0. The fourth-order valence-electron chi connectivity index (χ4n) is 7.69. The third kappa shape index (κ3) is 1.77. The van der Waals surface area contributed by atoms with Crippen molar-refractivity contribution in [3.8, 4) is 5.69 Å². The van der Waals surface area contributed by atoms with Crippen LogP contribution in [-0.4, -0.2) is 11.3 Å². The van der Waals surface area contributed by atoms with Crippen LogP contribution >= 0.6 is 0 Å². The molecular formula is C31H26BN. The molecule has 158 valence electrons. The minimum atomic E-state index is -0.0262. The number of hydrogen-bond donors (Lipinski definition) is 0. The monoisotopic (exact) mass is 423 g/mol. The second kappa shape index (κ2) is 5.28. The van der Waals surface area contributed by atoms with Crippen LogP contribution in [-0.2, 0) is 10.8 Å². The van der Waals surface area contributed by atoms with E-state index in [-0.39, 0.29) is 10.8 Å². The van der Waals surface area contributed by atoms with Crippen molar-refractivity contribution >= 4 is 44.9 Å². The molecule has 0 radical (unpaired) electrons. The fraction of sp³-hybridized carbons (Fsp3) is 0.226. The summed E-state index contributed by atoms with van der Waals surface area (Å²) in [7, 11) is 0. The van der Waals surface area contributed by atoms with E-state index in [0.29, 0.717) is 6.71 Å². The van der Waals surface area contributed by atoms with Crippen LogP contribution in [0.15, 0.2) is 66.7 Å². The summed E-state index contributed by atoms with van der Waals surface area (Å²) in [5, 5.41) is 2.75. The second-order valence-electron chi connectivity index (χ2n) is 11.4. The van der Waals surface area contributed by atoms with E-state index in [0.717, 1.165) is 0 Å². The van der Waals surface area contributed by atoms with Gasteiger partial charge in [-0.05, 0) is 51.7 Å². The summed E-state index contributed by atoms with van der Waals surface area (Å²) in [5.41, 5.74) is 16.1. The standard InChI is InChI=1S/C31H26BN/c1-17-13-15-22-26-28(17)33-24-12-7-6-9-18(24)19-14-16-23-27(29(19)33)32(26)25-20(30(22,2)3)10-8-11-21(25)31(23,4)5/h6-16H,1-5H3. The first kappa shape index (κ1) is 18.2. The molecular weight excluding hydrogens is 397 g/mol. The summed E-state index contributed by atoms with van der Waals surface area (Å²) < 4.78 is 2.61. The Labute approximate surface area is 195 Å². The van der Waals surface area contributed by atoms with Gasteiger partial charge in [0.1, 0.15) is 0 Å². The molecule has 1 aromatic heterocycles. The van der Waals surface area contributed by atoms with E-state index in [9.17, 15) is 0 Å². The van der Waals surface area contributed by atoms with Gasteiger partial charge < -0.3 is 4.57 Å². The molecule has 0 atom stereocenters. The topological polar surface area (TPSA) is 4.93 Å². The Morgan fingerprint density at radius 3 is 2.00 bits per heavy atom. The van der Waals surface area contributed by atoms with Gasteiger partial charge in [-0.25, -0.2) is 0 Å². The lowest BCUT2D eigenvalue weighted by Crippen LogP contribution is -2.68. The zero-order valence-electron chi connectivity index (χ0n) is 19.9. The Kier molecular flexibility index (Phi) is 2.91. The predicted octanol–water partition coefficient (Wildman–Crippen LogP) is 5.20.